The van der Waals surface area contributed by atoms with Crippen molar-refractivity contribution in [1.29, 1.82) is 0 Å². The van der Waals surface area contributed by atoms with Crippen molar-refractivity contribution in [3.8, 4) is 0 Å². The van der Waals surface area contributed by atoms with Gasteiger partial charge in [-0.15, -0.1) is 0 Å². The summed E-state index contributed by atoms with van der Waals surface area (Å²) in [7, 11) is 0. The summed E-state index contributed by atoms with van der Waals surface area (Å²) < 4.78 is 5.76. The number of ether oxygens (including phenoxy) is 1. The monoisotopic (exact) mass is 211 g/mol. The Kier molecular flexibility index (Phi) is 2.34. The minimum atomic E-state index is -0.0869. The van der Waals surface area contributed by atoms with Crippen LogP contribution in [0.25, 0.3) is 0 Å². The first-order chi connectivity index (χ1) is 6.85. The van der Waals surface area contributed by atoms with Gasteiger partial charge in [0.2, 0.25) is 5.91 Å². The van der Waals surface area contributed by atoms with Crippen molar-refractivity contribution in [3.05, 3.63) is 0 Å². The molecule has 0 aromatic heterocycles. The molecule has 0 aromatic carbocycles. The molecule has 3 nitrogen and oxygen atoms in total. The van der Waals surface area contributed by atoms with Gasteiger partial charge < -0.3 is 10.1 Å². The first kappa shape index (κ1) is 10.9. The normalized spacial score (nSPS) is 44.4. The molecule has 0 aliphatic carbocycles. The van der Waals surface area contributed by atoms with Crippen molar-refractivity contribution >= 4 is 5.91 Å². The molecule has 2 saturated heterocycles. The molecule has 1 N–H and O–H groups in total. The number of amides is 1. The number of carbonyl (C=O) groups is 1. The van der Waals surface area contributed by atoms with Gasteiger partial charge in [0.1, 0.15) is 0 Å². The number of hydrogen-bond donors (Lipinski definition) is 1. The largest absolute Gasteiger partial charge is 0.376 e. The summed E-state index contributed by atoms with van der Waals surface area (Å²) in [5, 5.41) is 3.10. The summed E-state index contributed by atoms with van der Waals surface area (Å²) in [5.41, 5.74) is 0.0115. The molecule has 0 radical (unpaired) electrons. The number of hydrogen-bond acceptors (Lipinski definition) is 2. The van der Waals surface area contributed by atoms with Gasteiger partial charge in [-0.25, -0.2) is 0 Å². The van der Waals surface area contributed by atoms with Gasteiger partial charge in [-0.1, -0.05) is 0 Å². The second-order valence-electron chi connectivity index (χ2n) is 5.80. The highest BCUT2D eigenvalue weighted by molar-refractivity contribution is 5.81. The molecule has 15 heavy (non-hydrogen) atoms. The van der Waals surface area contributed by atoms with Crippen molar-refractivity contribution in [3.63, 3.8) is 0 Å². The Balaban J connectivity index is 2.28. The van der Waals surface area contributed by atoms with Crippen molar-refractivity contribution < 1.29 is 9.53 Å². The maximum Gasteiger partial charge on any atom is 0.221 e. The van der Waals surface area contributed by atoms with Crippen molar-refractivity contribution in [2.45, 2.75) is 64.7 Å². The van der Waals surface area contributed by atoms with E-state index in [-0.39, 0.29) is 29.1 Å². The molecule has 3 heteroatoms. The molecule has 2 heterocycles. The summed E-state index contributed by atoms with van der Waals surface area (Å²) in [4.78, 5) is 11.6. The van der Waals surface area contributed by atoms with Crippen LogP contribution in [-0.4, -0.2) is 23.7 Å². The van der Waals surface area contributed by atoms with E-state index in [1.807, 2.05) is 0 Å². The SMILES string of the molecule is CC1CC2(CC(=O)NC2(C)C)CC(C)O1. The first-order valence-corrected chi connectivity index (χ1v) is 5.81. The number of rotatable bonds is 0. The van der Waals surface area contributed by atoms with Gasteiger partial charge in [0.05, 0.1) is 12.2 Å². The van der Waals surface area contributed by atoms with E-state index >= 15 is 0 Å². The molecule has 2 aliphatic heterocycles. The lowest BCUT2D eigenvalue weighted by Crippen LogP contribution is -2.52. The van der Waals surface area contributed by atoms with Gasteiger partial charge in [-0.2, -0.15) is 0 Å². The van der Waals surface area contributed by atoms with Gasteiger partial charge in [0, 0.05) is 17.4 Å². The van der Waals surface area contributed by atoms with Crippen LogP contribution in [0.4, 0.5) is 0 Å². The highest BCUT2D eigenvalue weighted by Crippen LogP contribution is 2.50. The fraction of sp³-hybridized carbons (Fsp3) is 0.917. The highest BCUT2D eigenvalue weighted by atomic mass is 16.5. The third kappa shape index (κ3) is 1.67. The summed E-state index contributed by atoms with van der Waals surface area (Å²) in [6.45, 7) is 8.50. The smallest absolute Gasteiger partial charge is 0.221 e. The summed E-state index contributed by atoms with van der Waals surface area (Å²) in [6, 6.07) is 0. The Morgan fingerprint density at radius 3 is 2.20 bits per heavy atom. The van der Waals surface area contributed by atoms with Crippen molar-refractivity contribution in [1.82, 2.24) is 5.32 Å². The lowest BCUT2D eigenvalue weighted by molar-refractivity contribution is -0.121. The Morgan fingerprint density at radius 2 is 1.80 bits per heavy atom. The molecule has 0 aromatic rings. The minimum absolute atomic E-state index is 0.0869. The maximum absolute atomic E-state index is 11.6. The predicted octanol–water partition coefficient (Wildman–Crippen LogP) is 1.86. The van der Waals surface area contributed by atoms with E-state index in [0.717, 1.165) is 12.8 Å². The molecule has 86 valence electrons. The predicted molar refractivity (Wildman–Crippen MR) is 58.5 cm³/mol. The third-order valence-electron chi connectivity index (χ3n) is 4.10. The second-order valence-corrected chi connectivity index (χ2v) is 5.80. The fourth-order valence-corrected chi connectivity index (χ4v) is 3.38. The summed E-state index contributed by atoms with van der Waals surface area (Å²) >= 11 is 0. The van der Waals surface area contributed by atoms with Crippen molar-refractivity contribution in [2.24, 2.45) is 5.41 Å². The quantitative estimate of drug-likeness (QED) is 0.664. The van der Waals surface area contributed by atoms with Crippen LogP contribution in [0.15, 0.2) is 0 Å². The van der Waals surface area contributed by atoms with Gasteiger partial charge in [0.15, 0.2) is 0 Å². The standard InChI is InChI=1S/C12H21NO2/c1-8-5-12(6-9(2)15-8)7-10(14)13-11(12,3)4/h8-9H,5-7H2,1-4H3,(H,13,14). The third-order valence-corrected chi connectivity index (χ3v) is 4.10. The average Bonchev–Trinajstić information content (AvgIpc) is 2.17. The van der Waals surface area contributed by atoms with Crippen LogP contribution in [0.5, 0.6) is 0 Å². The second kappa shape index (κ2) is 3.21. The Hall–Kier alpha value is -0.570. The molecule has 1 spiro atoms. The molecule has 0 bridgehead atoms. The lowest BCUT2D eigenvalue weighted by Gasteiger charge is -2.47. The molecule has 2 unspecified atom stereocenters. The van der Waals surface area contributed by atoms with E-state index in [1.54, 1.807) is 0 Å². The minimum Gasteiger partial charge on any atom is -0.376 e. The maximum atomic E-state index is 11.6. The Bertz CT molecular complexity index is 275. The molecule has 2 fully saturated rings. The van der Waals surface area contributed by atoms with E-state index in [0.29, 0.717) is 6.42 Å². The van der Waals surface area contributed by atoms with Crippen LogP contribution in [0.1, 0.15) is 47.0 Å². The van der Waals surface area contributed by atoms with Crippen LogP contribution in [0, 0.1) is 5.41 Å². The van der Waals surface area contributed by atoms with Gasteiger partial charge >= 0.3 is 0 Å². The lowest BCUT2D eigenvalue weighted by atomic mass is 9.64. The van der Waals surface area contributed by atoms with E-state index in [2.05, 4.69) is 33.0 Å². The van der Waals surface area contributed by atoms with Crippen LogP contribution >= 0.6 is 0 Å². The summed E-state index contributed by atoms with van der Waals surface area (Å²) in [6.07, 6.45) is 3.17. The van der Waals surface area contributed by atoms with Gasteiger partial charge in [0.25, 0.3) is 0 Å². The molecule has 2 atom stereocenters. The fourth-order valence-electron chi connectivity index (χ4n) is 3.38. The van der Waals surface area contributed by atoms with E-state index in [1.165, 1.54) is 0 Å². The van der Waals surface area contributed by atoms with E-state index < -0.39 is 0 Å². The van der Waals surface area contributed by atoms with Gasteiger partial charge in [-0.05, 0) is 40.5 Å². The van der Waals surface area contributed by atoms with Crippen LogP contribution in [0.3, 0.4) is 0 Å². The van der Waals surface area contributed by atoms with E-state index in [9.17, 15) is 4.79 Å². The van der Waals surface area contributed by atoms with Gasteiger partial charge in [-0.3, -0.25) is 4.79 Å². The van der Waals surface area contributed by atoms with E-state index in [4.69, 9.17) is 4.74 Å². The zero-order chi connectivity index (χ0) is 11.3. The van der Waals surface area contributed by atoms with Crippen LogP contribution < -0.4 is 5.32 Å². The zero-order valence-electron chi connectivity index (χ0n) is 10.1. The highest BCUT2D eigenvalue weighted by Gasteiger charge is 2.55. The molecule has 2 aliphatic rings. The number of carbonyl (C=O) groups excluding carboxylic acids is 1. The van der Waals surface area contributed by atoms with Crippen LogP contribution in [0.2, 0.25) is 0 Å². The average molecular weight is 211 g/mol. The first-order valence-electron chi connectivity index (χ1n) is 5.81. The van der Waals surface area contributed by atoms with Crippen molar-refractivity contribution in [2.75, 3.05) is 0 Å². The topological polar surface area (TPSA) is 38.3 Å². The molecule has 1 amide bonds. The molecule has 0 saturated carbocycles. The summed E-state index contributed by atoms with van der Waals surface area (Å²) in [5.74, 6) is 0.196. The Labute approximate surface area is 91.6 Å². The molecular formula is C12H21NO2. The molecular weight excluding hydrogens is 190 g/mol. The van der Waals surface area contributed by atoms with Crippen LogP contribution in [-0.2, 0) is 9.53 Å². The zero-order valence-corrected chi connectivity index (χ0v) is 10.1. The number of nitrogens with one attached hydrogen (secondary N) is 1. The molecule has 2 rings (SSSR count). The Morgan fingerprint density at radius 1 is 1.27 bits per heavy atom.